The highest BCUT2D eigenvalue weighted by Gasteiger charge is 2.10. The quantitative estimate of drug-likeness (QED) is 0.749. The highest BCUT2D eigenvalue weighted by Crippen LogP contribution is 2.26. The van der Waals surface area contributed by atoms with E-state index in [1.165, 1.54) is 0 Å². The fourth-order valence-electron chi connectivity index (χ4n) is 1.45. The van der Waals surface area contributed by atoms with Crippen molar-refractivity contribution in [1.82, 2.24) is 0 Å². The number of ether oxygens (including phenoxy) is 1. The summed E-state index contributed by atoms with van der Waals surface area (Å²) in [6, 6.07) is 5.37. The van der Waals surface area contributed by atoms with Gasteiger partial charge in [0.15, 0.2) is 0 Å². The highest BCUT2D eigenvalue weighted by atomic mass is 16.5. The molecule has 0 saturated heterocycles. The van der Waals surface area contributed by atoms with Crippen LogP contribution in [0.15, 0.2) is 18.2 Å². The molecule has 16 heavy (non-hydrogen) atoms. The minimum Gasteiger partial charge on any atom is -0.491 e. The molecule has 0 fully saturated rings. The van der Waals surface area contributed by atoms with E-state index in [2.05, 4.69) is 0 Å². The first-order valence-electron chi connectivity index (χ1n) is 5.26. The number of carbonyl (C=O) groups is 1. The van der Waals surface area contributed by atoms with Gasteiger partial charge in [-0.05, 0) is 32.4 Å². The first kappa shape index (κ1) is 12.4. The summed E-state index contributed by atoms with van der Waals surface area (Å²) >= 11 is 0. The molecule has 0 aliphatic rings. The molecular weight excluding hydrogens is 206 g/mol. The Kier molecular flexibility index (Phi) is 4.17. The molecule has 0 unspecified atom stereocenters. The van der Waals surface area contributed by atoms with Crippen LogP contribution in [0.5, 0.6) is 5.75 Å². The molecule has 3 N–H and O–H groups in total. The van der Waals surface area contributed by atoms with E-state index < -0.39 is 5.97 Å². The summed E-state index contributed by atoms with van der Waals surface area (Å²) < 4.78 is 5.59. The number of nitrogens with two attached hydrogens (primary N) is 1. The van der Waals surface area contributed by atoms with Gasteiger partial charge in [-0.2, -0.15) is 0 Å². The number of benzene rings is 1. The maximum atomic E-state index is 10.5. The zero-order valence-corrected chi connectivity index (χ0v) is 9.56. The third kappa shape index (κ3) is 3.46. The number of anilines is 1. The van der Waals surface area contributed by atoms with Crippen molar-refractivity contribution < 1.29 is 14.6 Å². The van der Waals surface area contributed by atoms with Crippen LogP contribution in [-0.2, 0) is 11.2 Å². The summed E-state index contributed by atoms with van der Waals surface area (Å²) in [6.45, 7) is 3.84. The van der Waals surface area contributed by atoms with E-state index in [1.54, 1.807) is 12.1 Å². The van der Waals surface area contributed by atoms with Crippen molar-refractivity contribution in [2.24, 2.45) is 0 Å². The van der Waals surface area contributed by atoms with Gasteiger partial charge in [0.1, 0.15) is 5.75 Å². The Bertz CT molecular complexity index is 375. The van der Waals surface area contributed by atoms with Crippen LogP contribution in [0, 0.1) is 0 Å². The normalized spacial score (nSPS) is 10.4. The second kappa shape index (κ2) is 5.39. The average Bonchev–Trinajstić information content (AvgIpc) is 2.15. The average molecular weight is 223 g/mol. The van der Waals surface area contributed by atoms with Gasteiger partial charge in [0.2, 0.25) is 0 Å². The van der Waals surface area contributed by atoms with Crippen molar-refractivity contribution in [3.8, 4) is 5.75 Å². The van der Waals surface area contributed by atoms with Gasteiger partial charge < -0.3 is 15.6 Å². The lowest BCUT2D eigenvalue weighted by molar-refractivity contribution is -0.136. The molecule has 0 bridgehead atoms. The third-order valence-corrected chi connectivity index (χ3v) is 2.12. The molecule has 0 aromatic heterocycles. The molecule has 0 aliphatic carbocycles. The first-order chi connectivity index (χ1) is 7.50. The van der Waals surface area contributed by atoms with E-state index in [1.807, 2.05) is 19.9 Å². The number of hydrogen-bond acceptors (Lipinski definition) is 3. The van der Waals surface area contributed by atoms with Crippen LogP contribution in [0.1, 0.15) is 25.8 Å². The molecule has 4 heteroatoms. The zero-order valence-electron chi connectivity index (χ0n) is 9.56. The van der Waals surface area contributed by atoms with Crippen LogP contribution in [-0.4, -0.2) is 17.2 Å². The van der Waals surface area contributed by atoms with Gasteiger partial charge in [0.25, 0.3) is 0 Å². The molecule has 0 amide bonds. The van der Waals surface area contributed by atoms with Crippen LogP contribution < -0.4 is 10.5 Å². The fourth-order valence-corrected chi connectivity index (χ4v) is 1.45. The van der Waals surface area contributed by atoms with E-state index >= 15 is 0 Å². The Balaban J connectivity index is 2.89. The number of carboxylic acids is 1. The van der Waals surface area contributed by atoms with E-state index in [4.69, 9.17) is 15.6 Å². The number of carboxylic acid groups (broad SMARTS) is 1. The lowest BCUT2D eigenvalue weighted by Gasteiger charge is -2.15. The maximum absolute atomic E-state index is 10.5. The van der Waals surface area contributed by atoms with Crippen molar-refractivity contribution >= 4 is 11.7 Å². The van der Waals surface area contributed by atoms with Crippen molar-refractivity contribution in [2.45, 2.75) is 32.8 Å². The lowest BCUT2D eigenvalue weighted by atomic mass is 10.1. The minimum absolute atomic E-state index is 0.0466. The van der Waals surface area contributed by atoms with Crippen LogP contribution >= 0.6 is 0 Å². The molecule has 4 nitrogen and oxygen atoms in total. The van der Waals surface area contributed by atoms with Crippen LogP contribution in [0.25, 0.3) is 0 Å². The monoisotopic (exact) mass is 223 g/mol. The summed E-state index contributed by atoms with van der Waals surface area (Å²) in [5.74, 6) is -0.157. The fraction of sp³-hybridized carbons (Fsp3) is 0.417. The second-order valence-corrected chi connectivity index (χ2v) is 3.88. The number of aliphatic carboxylic acids is 1. The van der Waals surface area contributed by atoms with Gasteiger partial charge in [-0.3, -0.25) is 4.79 Å². The molecule has 88 valence electrons. The van der Waals surface area contributed by atoms with Crippen molar-refractivity contribution in [2.75, 3.05) is 5.73 Å². The van der Waals surface area contributed by atoms with Crippen molar-refractivity contribution in [3.63, 3.8) is 0 Å². The summed E-state index contributed by atoms with van der Waals surface area (Å²) in [7, 11) is 0. The Morgan fingerprint density at radius 2 is 2.19 bits per heavy atom. The second-order valence-electron chi connectivity index (χ2n) is 3.88. The topological polar surface area (TPSA) is 72.5 Å². The molecule has 0 aliphatic heterocycles. The molecule has 0 spiro atoms. The number of rotatable bonds is 5. The number of hydrogen-bond donors (Lipinski definition) is 2. The largest absolute Gasteiger partial charge is 0.491 e. The predicted molar refractivity (Wildman–Crippen MR) is 62.6 cm³/mol. The SMILES string of the molecule is CC(C)Oc1cccc(N)c1CCC(=O)O. The predicted octanol–water partition coefficient (Wildman–Crippen LogP) is 2.07. The molecule has 1 aromatic carbocycles. The van der Waals surface area contributed by atoms with E-state index in [9.17, 15) is 4.79 Å². The van der Waals surface area contributed by atoms with Gasteiger partial charge in [-0.15, -0.1) is 0 Å². The number of nitrogen functional groups attached to an aromatic ring is 1. The Morgan fingerprint density at radius 3 is 2.75 bits per heavy atom. The lowest BCUT2D eigenvalue weighted by Crippen LogP contribution is -2.09. The molecule has 0 radical (unpaired) electrons. The summed E-state index contributed by atoms with van der Waals surface area (Å²) in [5.41, 5.74) is 7.17. The Hall–Kier alpha value is -1.71. The molecule has 1 aromatic rings. The van der Waals surface area contributed by atoms with Crippen LogP contribution in [0.4, 0.5) is 5.69 Å². The smallest absolute Gasteiger partial charge is 0.303 e. The van der Waals surface area contributed by atoms with Crippen molar-refractivity contribution in [3.05, 3.63) is 23.8 Å². The Labute approximate surface area is 95.0 Å². The summed E-state index contributed by atoms with van der Waals surface area (Å²) in [6.07, 6.45) is 0.498. The van der Waals surface area contributed by atoms with Crippen molar-refractivity contribution in [1.29, 1.82) is 0 Å². The Morgan fingerprint density at radius 1 is 1.50 bits per heavy atom. The molecule has 1 rings (SSSR count). The van der Waals surface area contributed by atoms with E-state index in [0.717, 1.165) is 5.56 Å². The standard InChI is InChI=1S/C12H17NO3/c1-8(2)16-11-5-3-4-10(13)9(11)6-7-12(14)15/h3-5,8H,6-7,13H2,1-2H3,(H,14,15). The van der Waals surface area contributed by atoms with Crippen LogP contribution in [0.2, 0.25) is 0 Å². The van der Waals surface area contributed by atoms with Gasteiger partial charge in [0.05, 0.1) is 6.10 Å². The molecule has 0 heterocycles. The zero-order chi connectivity index (χ0) is 12.1. The van der Waals surface area contributed by atoms with Gasteiger partial charge in [-0.25, -0.2) is 0 Å². The first-order valence-corrected chi connectivity index (χ1v) is 5.26. The highest BCUT2D eigenvalue weighted by molar-refractivity contribution is 5.68. The molecule has 0 saturated carbocycles. The maximum Gasteiger partial charge on any atom is 0.303 e. The summed E-state index contributed by atoms with van der Waals surface area (Å²) in [5, 5.41) is 8.66. The summed E-state index contributed by atoms with van der Waals surface area (Å²) in [4.78, 5) is 10.5. The third-order valence-electron chi connectivity index (χ3n) is 2.12. The van der Waals surface area contributed by atoms with Gasteiger partial charge in [-0.1, -0.05) is 6.07 Å². The minimum atomic E-state index is -0.834. The molecule has 0 atom stereocenters. The van der Waals surface area contributed by atoms with E-state index in [0.29, 0.717) is 17.9 Å². The molecular formula is C12H17NO3. The van der Waals surface area contributed by atoms with Gasteiger partial charge in [0, 0.05) is 17.7 Å². The van der Waals surface area contributed by atoms with Gasteiger partial charge >= 0.3 is 5.97 Å². The van der Waals surface area contributed by atoms with E-state index in [-0.39, 0.29) is 12.5 Å². The van der Waals surface area contributed by atoms with Crippen LogP contribution in [0.3, 0.4) is 0 Å².